The highest BCUT2D eigenvalue weighted by Gasteiger charge is 2.12. The lowest BCUT2D eigenvalue weighted by Gasteiger charge is -2.06. The lowest BCUT2D eigenvalue weighted by atomic mass is 10.3. The Bertz CT molecular complexity index is 950. The average molecular weight is 360 g/mol. The topological polar surface area (TPSA) is 114 Å². The van der Waals surface area contributed by atoms with Gasteiger partial charge in [-0.25, -0.2) is 0 Å². The van der Waals surface area contributed by atoms with Gasteiger partial charge in [-0.3, -0.25) is 14.6 Å². The molecule has 1 aromatic carbocycles. The molecule has 10 heteroatoms. The summed E-state index contributed by atoms with van der Waals surface area (Å²) in [4.78, 5) is 26.1. The Morgan fingerprint density at radius 3 is 2.80 bits per heavy atom. The van der Waals surface area contributed by atoms with Gasteiger partial charge in [0.05, 0.1) is 12.4 Å². The molecule has 0 saturated carbocycles. The van der Waals surface area contributed by atoms with E-state index in [-0.39, 0.29) is 23.0 Å². The van der Waals surface area contributed by atoms with Gasteiger partial charge in [-0.05, 0) is 38.1 Å². The number of carbonyl (C=O) groups excluding carboxylic acids is 1. The van der Waals surface area contributed by atoms with Crippen molar-refractivity contribution < 1.29 is 9.53 Å². The maximum atomic E-state index is 12.1. The SMILES string of the molecule is CCOc1ccc(NC(=O)CSc2nnc3[nH]c(=O)c(C)nn23)cc1. The van der Waals surface area contributed by atoms with Gasteiger partial charge in [-0.15, -0.1) is 10.2 Å². The van der Waals surface area contributed by atoms with Gasteiger partial charge in [-0.1, -0.05) is 11.8 Å². The molecule has 2 heterocycles. The Morgan fingerprint density at radius 1 is 1.32 bits per heavy atom. The molecule has 0 unspecified atom stereocenters. The summed E-state index contributed by atoms with van der Waals surface area (Å²) in [7, 11) is 0. The molecular formula is C15H16N6O3S. The van der Waals surface area contributed by atoms with Crippen LogP contribution in [0.25, 0.3) is 5.78 Å². The number of hydrogen-bond donors (Lipinski definition) is 2. The predicted octanol–water partition coefficient (Wildman–Crippen LogP) is 1.25. The molecule has 2 N–H and O–H groups in total. The number of amides is 1. The summed E-state index contributed by atoms with van der Waals surface area (Å²) in [6.45, 7) is 4.09. The van der Waals surface area contributed by atoms with Gasteiger partial charge in [-0.2, -0.15) is 9.61 Å². The zero-order valence-electron chi connectivity index (χ0n) is 13.6. The van der Waals surface area contributed by atoms with Crippen molar-refractivity contribution >= 4 is 29.1 Å². The summed E-state index contributed by atoms with van der Waals surface area (Å²) in [6, 6.07) is 7.13. The molecule has 0 atom stereocenters. The van der Waals surface area contributed by atoms with Crippen molar-refractivity contribution in [1.82, 2.24) is 24.8 Å². The molecule has 25 heavy (non-hydrogen) atoms. The number of H-pyrrole nitrogens is 1. The van der Waals surface area contributed by atoms with E-state index >= 15 is 0 Å². The maximum Gasteiger partial charge on any atom is 0.273 e. The van der Waals surface area contributed by atoms with Crippen LogP contribution >= 0.6 is 11.8 Å². The molecule has 0 aliphatic heterocycles. The van der Waals surface area contributed by atoms with Crippen LogP contribution in [0.3, 0.4) is 0 Å². The summed E-state index contributed by atoms with van der Waals surface area (Å²) in [5.74, 6) is 0.936. The van der Waals surface area contributed by atoms with Gasteiger partial charge >= 0.3 is 0 Å². The van der Waals surface area contributed by atoms with Crippen LogP contribution in [-0.4, -0.2) is 43.1 Å². The van der Waals surface area contributed by atoms with E-state index < -0.39 is 0 Å². The highest BCUT2D eigenvalue weighted by molar-refractivity contribution is 7.99. The third-order valence-corrected chi connectivity index (χ3v) is 4.12. The zero-order chi connectivity index (χ0) is 17.8. The number of aromatic amines is 1. The number of aromatic nitrogens is 5. The summed E-state index contributed by atoms with van der Waals surface area (Å²) in [5.41, 5.74) is 0.663. The van der Waals surface area contributed by atoms with E-state index in [4.69, 9.17) is 4.74 Å². The quantitative estimate of drug-likeness (QED) is 0.636. The van der Waals surface area contributed by atoms with E-state index in [1.54, 1.807) is 31.2 Å². The number of benzene rings is 1. The molecule has 3 rings (SSSR count). The summed E-state index contributed by atoms with van der Waals surface area (Å²) >= 11 is 1.18. The number of carbonyl (C=O) groups is 1. The van der Waals surface area contributed by atoms with E-state index in [9.17, 15) is 9.59 Å². The largest absolute Gasteiger partial charge is 0.494 e. The Hall–Kier alpha value is -2.88. The first-order valence-electron chi connectivity index (χ1n) is 7.54. The summed E-state index contributed by atoms with van der Waals surface area (Å²) in [6.07, 6.45) is 0. The second kappa shape index (κ2) is 7.34. The van der Waals surface area contributed by atoms with Crippen LogP contribution < -0.4 is 15.6 Å². The van der Waals surface area contributed by atoms with Gasteiger partial charge < -0.3 is 10.1 Å². The highest BCUT2D eigenvalue weighted by atomic mass is 32.2. The first-order valence-corrected chi connectivity index (χ1v) is 8.53. The van der Waals surface area contributed by atoms with Crippen LogP contribution in [0.5, 0.6) is 5.75 Å². The zero-order valence-corrected chi connectivity index (χ0v) is 14.5. The second-order valence-electron chi connectivity index (χ2n) is 5.05. The normalized spacial score (nSPS) is 10.8. The molecular weight excluding hydrogens is 344 g/mol. The number of nitrogens with one attached hydrogen (secondary N) is 2. The Kier molecular flexibility index (Phi) is 4.98. The Balaban J connectivity index is 1.62. The molecule has 0 spiro atoms. The van der Waals surface area contributed by atoms with Gasteiger partial charge in [0.25, 0.3) is 11.3 Å². The summed E-state index contributed by atoms with van der Waals surface area (Å²) in [5, 5.41) is 15.1. The van der Waals surface area contributed by atoms with Crippen LogP contribution in [0, 0.1) is 6.92 Å². The van der Waals surface area contributed by atoms with Crippen LogP contribution in [0.1, 0.15) is 12.6 Å². The first kappa shape index (κ1) is 17.0. The fourth-order valence-electron chi connectivity index (χ4n) is 2.04. The summed E-state index contributed by atoms with van der Waals surface area (Å²) < 4.78 is 6.76. The van der Waals surface area contributed by atoms with Gasteiger partial charge in [0.2, 0.25) is 11.1 Å². The number of aryl methyl sites for hydroxylation is 1. The number of hydrogen-bond acceptors (Lipinski definition) is 7. The van der Waals surface area contributed by atoms with Crippen molar-refractivity contribution in [3.8, 4) is 5.75 Å². The number of anilines is 1. The van der Waals surface area contributed by atoms with Crippen molar-refractivity contribution in [3.63, 3.8) is 0 Å². The molecule has 0 fully saturated rings. The van der Waals surface area contributed by atoms with Crippen molar-refractivity contribution in [2.24, 2.45) is 0 Å². The average Bonchev–Trinajstić information content (AvgIpc) is 2.97. The molecule has 0 saturated heterocycles. The number of ether oxygens (including phenoxy) is 1. The molecule has 0 radical (unpaired) electrons. The molecule has 0 aliphatic carbocycles. The number of fused-ring (bicyclic) bond motifs is 1. The fourth-order valence-corrected chi connectivity index (χ4v) is 2.72. The van der Waals surface area contributed by atoms with Crippen molar-refractivity contribution in [2.75, 3.05) is 17.7 Å². The van der Waals surface area contributed by atoms with Gasteiger partial charge in [0, 0.05) is 5.69 Å². The van der Waals surface area contributed by atoms with E-state index in [1.165, 1.54) is 16.3 Å². The van der Waals surface area contributed by atoms with E-state index in [0.29, 0.717) is 23.1 Å². The van der Waals surface area contributed by atoms with Crippen LogP contribution in [-0.2, 0) is 4.79 Å². The van der Waals surface area contributed by atoms with Crippen molar-refractivity contribution in [1.29, 1.82) is 0 Å². The van der Waals surface area contributed by atoms with Gasteiger partial charge in [0.15, 0.2) is 0 Å². The Morgan fingerprint density at radius 2 is 2.08 bits per heavy atom. The lowest BCUT2D eigenvalue weighted by Crippen LogP contribution is -2.16. The number of thioether (sulfide) groups is 1. The van der Waals surface area contributed by atoms with Crippen molar-refractivity contribution in [2.45, 2.75) is 19.0 Å². The lowest BCUT2D eigenvalue weighted by molar-refractivity contribution is -0.113. The first-order chi connectivity index (χ1) is 12.1. The smallest absolute Gasteiger partial charge is 0.273 e. The van der Waals surface area contributed by atoms with Crippen LogP contribution in [0.4, 0.5) is 5.69 Å². The standard InChI is InChI=1S/C15H16N6O3S/c1-3-24-11-6-4-10(5-7-11)16-12(22)8-25-15-19-18-14-17-13(23)9(2)20-21(14)15/h4-7H,3,8H2,1-2H3,(H,16,22)(H,17,18,23). The van der Waals surface area contributed by atoms with Crippen LogP contribution in [0.15, 0.2) is 34.2 Å². The van der Waals surface area contributed by atoms with E-state index in [0.717, 1.165) is 5.75 Å². The minimum Gasteiger partial charge on any atom is -0.494 e. The van der Waals surface area contributed by atoms with Gasteiger partial charge in [0.1, 0.15) is 11.4 Å². The second-order valence-corrected chi connectivity index (χ2v) is 5.99. The molecule has 130 valence electrons. The Labute approximate surface area is 146 Å². The molecule has 3 aromatic rings. The third-order valence-electron chi connectivity index (χ3n) is 3.20. The number of rotatable bonds is 6. The monoisotopic (exact) mass is 360 g/mol. The van der Waals surface area contributed by atoms with E-state index in [2.05, 4.69) is 25.6 Å². The van der Waals surface area contributed by atoms with Crippen molar-refractivity contribution in [3.05, 3.63) is 40.3 Å². The minimum atomic E-state index is -0.315. The maximum absolute atomic E-state index is 12.1. The fraction of sp³-hybridized carbons (Fsp3) is 0.267. The number of nitrogens with zero attached hydrogens (tertiary/aromatic N) is 4. The molecule has 0 bridgehead atoms. The molecule has 0 aliphatic rings. The van der Waals surface area contributed by atoms with Crippen LogP contribution in [0.2, 0.25) is 0 Å². The highest BCUT2D eigenvalue weighted by Crippen LogP contribution is 2.18. The molecule has 9 nitrogen and oxygen atoms in total. The minimum absolute atomic E-state index is 0.133. The molecule has 2 aromatic heterocycles. The predicted molar refractivity (Wildman–Crippen MR) is 93.1 cm³/mol. The van der Waals surface area contributed by atoms with E-state index in [1.807, 2.05) is 6.92 Å². The third kappa shape index (κ3) is 3.97. The molecule has 1 amide bonds.